The third kappa shape index (κ3) is 10.2. The number of ether oxygens (including phenoxy) is 1. The van der Waals surface area contributed by atoms with Gasteiger partial charge >= 0.3 is 0 Å². The molecule has 0 spiro atoms. The minimum atomic E-state index is 0.314. The van der Waals surface area contributed by atoms with Crippen molar-refractivity contribution in [1.82, 2.24) is 4.90 Å². The molecule has 3 heteroatoms. The van der Waals surface area contributed by atoms with Gasteiger partial charge in [0, 0.05) is 19.1 Å². The molecule has 0 aromatic rings. The van der Waals surface area contributed by atoms with E-state index in [-0.39, 0.29) is 0 Å². The van der Waals surface area contributed by atoms with Crippen molar-refractivity contribution in [2.24, 2.45) is 5.73 Å². The van der Waals surface area contributed by atoms with Crippen molar-refractivity contribution in [1.29, 1.82) is 0 Å². The Labute approximate surface area is 95.0 Å². The number of nitrogens with two attached hydrogens (primary N) is 1. The maximum atomic E-state index is 6.01. The van der Waals surface area contributed by atoms with Gasteiger partial charge in [0.05, 0.1) is 12.7 Å². The largest absolute Gasteiger partial charge is 0.377 e. The van der Waals surface area contributed by atoms with Crippen molar-refractivity contribution >= 4 is 0 Å². The molecule has 92 valence electrons. The van der Waals surface area contributed by atoms with E-state index in [0.717, 1.165) is 26.1 Å². The summed E-state index contributed by atoms with van der Waals surface area (Å²) in [6.07, 6.45) is 3.92. The van der Waals surface area contributed by atoms with Crippen LogP contribution in [0.25, 0.3) is 0 Å². The van der Waals surface area contributed by atoms with Crippen molar-refractivity contribution in [3.63, 3.8) is 0 Å². The van der Waals surface area contributed by atoms with E-state index in [1.165, 1.54) is 12.8 Å². The van der Waals surface area contributed by atoms with Crippen LogP contribution < -0.4 is 5.73 Å². The Morgan fingerprint density at radius 1 is 1.33 bits per heavy atom. The highest BCUT2D eigenvalue weighted by atomic mass is 16.5. The topological polar surface area (TPSA) is 38.5 Å². The monoisotopic (exact) mass is 216 g/mol. The van der Waals surface area contributed by atoms with Gasteiger partial charge in [0.25, 0.3) is 0 Å². The Morgan fingerprint density at radius 2 is 2.00 bits per heavy atom. The first-order valence-electron chi connectivity index (χ1n) is 6.12. The van der Waals surface area contributed by atoms with Crippen molar-refractivity contribution in [3.8, 4) is 0 Å². The summed E-state index contributed by atoms with van der Waals surface area (Å²) in [4.78, 5) is 2.25. The molecular weight excluding hydrogens is 188 g/mol. The van der Waals surface area contributed by atoms with Gasteiger partial charge in [-0.1, -0.05) is 19.8 Å². The van der Waals surface area contributed by atoms with E-state index in [9.17, 15) is 0 Å². The van der Waals surface area contributed by atoms with Gasteiger partial charge in [0.2, 0.25) is 0 Å². The number of hydrogen-bond acceptors (Lipinski definition) is 3. The van der Waals surface area contributed by atoms with Gasteiger partial charge < -0.3 is 15.4 Å². The summed E-state index contributed by atoms with van der Waals surface area (Å²) in [5, 5.41) is 0. The van der Waals surface area contributed by atoms with Gasteiger partial charge in [0.15, 0.2) is 0 Å². The standard InChI is InChI=1S/C12H28N2O/c1-5-6-7-12(13)10-14(4)8-9-15-11(2)3/h11-12H,5-10,13H2,1-4H3. The summed E-state index contributed by atoms with van der Waals surface area (Å²) in [7, 11) is 2.11. The maximum absolute atomic E-state index is 6.01. The van der Waals surface area contributed by atoms with Gasteiger partial charge in [-0.2, -0.15) is 0 Å². The highest BCUT2D eigenvalue weighted by Crippen LogP contribution is 1.99. The van der Waals surface area contributed by atoms with Crippen molar-refractivity contribution < 1.29 is 4.74 Å². The number of likely N-dealkylation sites (N-methyl/N-ethyl adjacent to an activating group) is 1. The molecule has 0 aliphatic rings. The molecule has 0 aromatic carbocycles. The summed E-state index contributed by atoms with van der Waals surface area (Å²) in [5.41, 5.74) is 6.01. The summed E-state index contributed by atoms with van der Waals surface area (Å²) >= 11 is 0. The van der Waals surface area contributed by atoms with E-state index in [1.807, 2.05) is 0 Å². The molecule has 2 N–H and O–H groups in total. The van der Waals surface area contributed by atoms with Crippen molar-refractivity contribution in [2.75, 3.05) is 26.7 Å². The zero-order valence-electron chi connectivity index (χ0n) is 10.8. The van der Waals surface area contributed by atoms with Crippen LogP contribution in [-0.4, -0.2) is 43.8 Å². The Bertz CT molecular complexity index is 140. The second kappa shape index (κ2) is 9.13. The first kappa shape index (κ1) is 14.9. The van der Waals surface area contributed by atoms with Crippen molar-refractivity contribution in [2.45, 2.75) is 52.2 Å². The smallest absolute Gasteiger partial charge is 0.0596 e. The number of unbranched alkanes of at least 4 members (excludes halogenated alkanes) is 1. The van der Waals surface area contributed by atoms with Crippen molar-refractivity contribution in [3.05, 3.63) is 0 Å². The Balaban J connectivity index is 3.42. The molecule has 15 heavy (non-hydrogen) atoms. The van der Waals surface area contributed by atoms with Crippen LogP contribution in [0.1, 0.15) is 40.0 Å². The summed E-state index contributed by atoms with van der Waals surface area (Å²) < 4.78 is 5.49. The average Bonchev–Trinajstić information content (AvgIpc) is 2.14. The maximum Gasteiger partial charge on any atom is 0.0596 e. The second-order valence-electron chi connectivity index (χ2n) is 4.58. The first-order chi connectivity index (χ1) is 7.06. The summed E-state index contributed by atoms with van der Waals surface area (Å²) in [6, 6.07) is 0.314. The summed E-state index contributed by atoms with van der Waals surface area (Å²) in [5.74, 6) is 0. The van der Waals surface area contributed by atoms with E-state index in [0.29, 0.717) is 12.1 Å². The van der Waals surface area contributed by atoms with Crippen LogP contribution in [0.4, 0.5) is 0 Å². The molecule has 0 bridgehead atoms. The molecule has 3 nitrogen and oxygen atoms in total. The van der Waals surface area contributed by atoms with Gasteiger partial charge in [-0.3, -0.25) is 0 Å². The molecule has 1 atom stereocenters. The van der Waals surface area contributed by atoms with E-state index >= 15 is 0 Å². The minimum Gasteiger partial charge on any atom is -0.377 e. The normalized spacial score (nSPS) is 13.8. The van der Waals surface area contributed by atoms with E-state index in [1.54, 1.807) is 0 Å². The van der Waals surface area contributed by atoms with Crippen LogP contribution >= 0.6 is 0 Å². The van der Waals surface area contributed by atoms with Gasteiger partial charge in [-0.25, -0.2) is 0 Å². The fourth-order valence-corrected chi connectivity index (χ4v) is 1.49. The Morgan fingerprint density at radius 3 is 2.53 bits per heavy atom. The first-order valence-corrected chi connectivity index (χ1v) is 6.12. The van der Waals surface area contributed by atoms with Gasteiger partial charge in [-0.15, -0.1) is 0 Å². The average molecular weight is 216 g/mol. The van der Waals surface area contributed by atoms with Crippen LogP contribution in [0.15, 0.2) is 0 Å². The Kier molecular flexibility index (Phi) is 9.06. The number of nitrogens with zero attached hydrogens (tertiary/aromatic N) is 1. The molecule has 0 heterocycles. The lowest BCUT2D eigenvalue weighted by Crippen LogP contribution is -2.37. The van der Waals surface area contributed by atoms with Crippen LogP contribution in [0.3, 0.4) is 0 Å². The predicted octanol–water partition coefficient (Wildman–Crippen LogP) is 1.86. The lowest BCUT2D eigenvalue weighted by Gasteiger charge is -2.21. The van der Waals surface area contributed by atoms with Crippen LogP contribution in [-0.2, 0) is 4.74 Å². The van der Waals surface area contributed by atoms with Crippen LogP contribution in [0, 0.1) is 0 Å². The highest BCUT2D eigenvalue weighted by molar-refractivity contribution is 4.65. The fraction of sp³-hybridized carbons (Fsp3) is 1.00. The molecule has 0 rings (SSSR count). The molecule has 0 aromatic heterocycles. The van der Waals surface area contributed by atoms with Crippen LogP contribution in [0.5, 0.6) is 0 Å². The summed E-state index contributed by atoms with van der Waals surface area (Å²) in [6.45, 7) is 9.07. The van der Waals surface area contributed by atoms with E-state index in [2.05, 4.69) is 32.7 Å². The quantitative estimate of drug-likeness (QED) is 0.639. The molecule has 1 unspecified atom stereocenters. The molecule has 0 saturated heterocycles. The molecule has 0 saturated carbocycles. The number of rotatable bonds is 9. The van der Waals surface area contributed by atoms with E-state index < -0.39 is 0 Å². The Hall–Kier alpha value is -0.120. The third-order valence-corrected chi connectivity index (χ3v) is 2.40. The van der Waals surface area contributed by atoms with Gasteiger partial charge in [0.1, 0.15) is 0 Å². The number of hydrogen-bond donors (Lipinski definition) is 1. The third-order valence-electron chi connectivity index (χ3n) is 2.40. The van der Waals surface area contributed by atoms with Crippen LogP contribution in [0.2, 0.25) is 0 Å². The molecule has 0 aliphatic heterocycles. The van der Waals surface area contributed by atoms with Gasteiger partial charge in [-0.05, 0) is 27.3 Å². The minimum absolute atomic E-state index is 0.314. The lowest BCUT2D eigenvalue weighted by atomic mass is 10.1. The second-order valence-corrected chi connectivity index (χ2v) is 4.58. The fourth-order valence-electron chi connectivity index (χ4n) is 1.49. The zero-order chi connectivity index (χ0) is 11.7. The molecule has 0 amide bonds. The highest BCUT2D eigenvalue weighted by Gasteiger charge is 2.06. The SMILES string of the molecule is CCCCC(N)CN(C)CCOC(C)C. The lowest BCUT2D eigenvalue weighted by molar-refractivity contribution is 0.0628. The predicted molar refractivity (Wildman–Crippen MR) is 66.1 cm³/mol. The zero-order valence-corrected chi connectivity index (χ0v) is 10.8. The molecular formula is C12H28N2O. The van der Waals surface area contributed by atoms with E-state index in [4.69, 9.17) is 10.5 Å². The molecule has 0 radical (unpaired) electrons. The molecule has 0 fully saturated rings. The molecule has 0 aliphatic carbocycles.